The molecule has 2 fully saturated rings. The third-order valence-electron chi connectivity index (χ3n) is 7.15. The quantitative estimate of drug-likeness (QED) is 0.508. The largest absolute Gasteiger partial charge is 0.493 e. The molecule has 1 aromatic heterocycles. The van der Waals surface area contributed by atoms with E-state index in [1.165, 1.54) is 0 Å². The lowest BCUT2D eigenvalue weighted by Crippen LogP contribution is -2.42. The number of nitrogens with one attached hydrogen (secondary N) is 1. The normalized spacial score (nSPS) is 19.4. The fourth-order valence-electron chi connectivity index (χ4n) is 4.90. The molecule has 196 valence electrons. The van der Waals surface area contributed by atoms with Crippen LogP contribution in [0, 0.1) is 11.3 Å². The molecule has 2 aliphatic heterocycles. The zero-order chi connectivity index (χ0) is 25.7. The van der Waals surface area contributed by atoms with Crippen molar-refractivity contribution in [2.75, 3.05) is 51.8 Å². The number of likely N-dealkylation sites (tertiary alicyclic amines) is 2. The molecule has 2 saturated heterocycles. The van der Waals surface area contributed by atoms with Crippen molar-refractivity contribution >= 4 is 16.7 Å². The van der Waals surface area contributed by atoms with Crippen LogP contribution in [0.2, 0.25) is 0 Å². The highest BCUT2D eigenvalue weighted by Gasteiger charge is 2.33. The van der Waals surface area contributed by atoms with E-state index in [-0.39, 0.29) is 24.7 Å². The number of nitrogens with zero attached hydrogens (tertiary/aromatic N) is 5. The van der Waals surface area contributed by atoms with E-state index in [1.54, 1.807) is 13.2 Å². The summed E-state index contributed by atoms with van der Waals surface area (Å²) in [5, 5.41) is 13.8. The standard InChI is InChI=1S/C26H36F2N6O2/c1-18(2)34-10-5-19(6-11-34)30-25-20-15-22(35-3)23(16-21(20)31-24(17-29)32-25)36-14-4-9-33-12-7-26(27,28)8-13-33/h15-16,18-19H,4-14H2,1-3H3,(H,30,31,32). The summed E-state index contributed by atoms with van der Waals surface area (Å²) >= 11 is 0. The summed E-state index contributed by atoms with van der Waals surface area (Å²) in [7, 11) is 1.58. The van der Waals surface area contributed by atoms with Gasteiger partial charge in [0.1, 0.15) is 11.9 Å². The lowest BCUT2D eigenvalue weighted by Gasteiger charge is -2.35. The van der Waals surface area contributed by atoms with E-state index < -0.39 is 5.92 Å². The van der Waals surface area contributed by atoms with Gasteiger partial charge in [0.2, 0.25) is 5.82 Å². The number of hydrogen-bond donors (Lipinski definition) is 1. The van der Waals surface area contributed by atoms with Crippen molar-refractivity contribution in [2.45, 2.75) is 64.0 Å². The van der Waals surface area contributed by atoms with Gasteiger partial charge in [-0.25, -0.2) is 18.7 Å². The fraction of sp³-hybridized carbons (Fsp3) is 0.654. The fourth-order valence-corrected chi connectivity index (χ4v) is 4.90. The monoisotopic (exact) mass is 502 g/mol. The predicted molar refractivity (Wildman–Crippen MR) is 135 cm³/mol. The average molecular weight is 503 g/mol. The van der Waals surface area contributed by atoms with Gasteiger partial charge >= 0.3 is 0 Å². The van der Waals surface area contributed by atoms with E-state index in [0.29, 0.717) is 61.5 Å². The molecule has 36 heavy (non-hydrogen) atoms. The molecule has 3 heterocycles. The first kappa shape index (κ1) is 26.3. The molecule has 0 aliphatic carbocycles. The van der Waals surface area contributed by atoms with E-state index in [9.17, 15) is 14.0 Å². The number of aromatic nitrogens is 2. The molecule has 4 rings (SSSR count). The van der Waals surface area contributed by atoms with Gasteiger partial charge in [-0.3, -0.25) is 0 Å². The highest BCUT2D eigenvalue weighted by molar-refractivity contribution is 5.92. The van der Waals surface area contributed by atoms with Crippen LogP contribution in [0.5, 0.6) is 11.5 Å². The zero-order valence-corrected chi connectivity index (χ0v) is 21.4. The summed E-state index contributed by atoms with van der Waals surface area (Å²) in [4.78, 5) is 13.4. The Balaban J connectivity index is 1.43. The molecular weight excluding hydrogens is 466 g/mol. The number of alkyl halides is 2. The molecule has 0 bridgehead atoms. The molecule has 1 aromatic carbocycles. The van der Waals surface area contributed by atoms with E-state index in [1.807, 2.05) is 6.07 Å². The zero-order valence-electron chi connectivity index (χ0n) is 21.4. The van der Waals surface area contributed by atoms with Crippen molar-refractivity contribution in [2.24, 2.45) is 0 Å². The van der Waals surface area contributed by atoms with E-state index >= 15 is 0 Å². The Kier molecular flexibility index (Phi) is 8.42. The van der Waals surface area contributed by atoms with Crippen LogP contribution in [-0.2, 0) is 0 Å². The first-order valence-electron chi connectivity index (χ1n) is 12.8. The minimum absolute atomic E-state index is 0.0828. The van der Waals surface area contributed by atoms with Crippen LogP contribution in [0.25, 0.3) is 10.9 Å². The lowest BCUT2D eigenvalue weighted by molar-refractivity contribution is -0.0554. The number of ether oxygens (including phenoxy) is 2. The Hall–Kier alpha value is -2.77. The van der Waals surface area contributed by atoms with E-state index in [4.69, 9.17) is 9.47 Å². The second kappa shape index (κ2) is 11.5. The maximum Gasteiger partial charge on any atom is 0.250 e. The summed E-state index contributed by atoms with van der Waals surface area (Å²) in [5.41, 5.74) is 0.609. The Labute approximate surface area is 211 Å². The summed E-state index contributed by atoms with van der Waals surface area (Å²) < 4.78 is 38.3. The highest BCUT2D eigenvalue weighted by Crippen LogP contribution is 2.35. The van der Waals surface area contributed by atoms with Gasteiger partial charge in [0.05, 0.1) is 19.2 Å². The summed E-state index contributed by atoms with van der Waals surface area (Å²) in [6.45, 7) is 8.41. The van der Waals surface area contributed by atoms with Gasteiger partial charge in [-0.05, 0) is 39.2 Å². The van der Waals surface area contributed by atoms with Crippen LogP contribution in [0.15, 0.2) is 12.1 Å². The number of rotatable bonds is 9. The number of halogens is 2. The minimum Gasteiger partial charge on any atom is -0.493 e. The number of anilines is 1. The Morgan fingerprint density at radius 1 is 1.14 bits per heavy atom. The van der Waals surface area contributed by atoms with Gasteiger partial charge in [-0.15, -0.1) is 0 Å². The molecule has 10 heteroatoms. The molecule has 0 saturated carbocycles. The average Bonchev–Trinajstić information content (AvgIpc) is 2.87. The molecule has 0 unspecified atom stereocenters. The van der Waals surface area contributed by atoms with E-state index in [0.717, 1.165) is 31.3 Å². The molecule has 0 radical (unpaired) electrons. The Morgan fingerprint density at radius 2 is 1.86 bits per heavy atom. The van der Waals surface area contributed by atoms with Crippen molar-refractivity contribution in [1.82, 2.24) is 19.8 Å². The SMILES string of the molecule is COc1cc2c(NC3CCN(C(C)C)CC3)nc(C#N)nc2cc1OCCCN1CCC(F)(F)CC1. The van der Waals surface area contributed by atoms with Crippen LogP contribution >= 0.6 is 0 Å². The van der Waals surface area contributed by atoms with Crippen LogP contribution in [0.4, 0.5) is 14.6 Å². The maximum absolute atomic E-state index is 13.4. The molecule has 0 spiro atoms. The Morgan fingerprint density at radius 3 is 2.50 bits per heavy atom. The summed E-state index contributed by atoms with van der Waals surface area (Å²) in [6.07, 6.45) is 2.54. The third-order valence-corrected chi connectivity index (χ3v) is 7.15. The van der Waals surface area contributed by atoms with Gasteiger partial charge in [0.25, 0.3) is 5.92 Å². The van der Waals surface area contributed by atoms with Gasteiger partial charge in [-0.1, -0.05) is 0 Å². The van der Waals surface area contributed by atoms with Crippen LogP contribution < -0.4 is 14.8 Å². The number of benzene rings is 1. The number of methoxy groups -OCH3 is 1. The van der Waals surface area contributed by atoms with Crippen molar-refractivity contribution in [3.63, 3.8) is 0 Å². The number of nitriles is 1. The van der Waals surface area contributed by atoms with Gasteiger partial charge < -0.3 is 24.6 Å². The molecule has 2 aliphatic rings. The lowest BCUT2D eigenvalue weighted by atomic mass is 10.0. The van der Waals surface area contributed by atoms with E-state index in [2.05, 4.69) is 45.0 Å². The second-order valence-electron chi connectivity index (χ2n) is 9.98. The number of fused-ring (bicyclic) bond motifs is 1. The first-order chi connectivity index (χ1) is 17.3. The predicted octanol–water partition coefficient (Wildman–Crippen LogP) is 4.29. The molecule has 1 N–H and O–H groups in total. The molecule has 8 nitrogen and oxygen atoms in total. The summed E-state index contributed by atoms with van der Waals surface area (Å²) in [5.74, 6) is -0.705. The molecular formula is C26H36F2N6O2. The third kappa shape index (κ3) is 6.51. The van der Waals surface area contributed by atoms with Crippen LogP contribution in [0.3, 0.4) is 0 Å². The number of hydrogen-bond acceptors (Lipinski definition) is 8. The maximum atomic E-state index is 13.4. The Bertz CT molecular complexity index is 1070. The van der Waals surface area contributed by atoms with Crippen molar-refractivity contribution in [1.29, 1.82) is 5.26 Å². The van der Waals surface area contributed by atoms with Crippen LogP contribution in [0.1, 0.15) is 51.8 Å². The molecule has 0 amide bonds. The van der Waals surface area contributed by atoms with Gasteiger partial charge in [0, 0.05) is 69.1 Å². The number of piperidine rings is 2. The van der Waals surface area contributed by atoms with Crippen LogP contribution in [-0.4, -0.2) is 84.2 Å². The topological polar surface area (TPSA) is 86.5 Å². The highest BCUT2D eigenvalue weighted by atomic mass is 19.3. The minimum atomic E-state index is -2.53. The van der Waals surface area contributed by atoms with Crippen molar-refractivity contribution in [3.8, 4) is 17.6 Å². The summed E-state index contributed by atoms with van der Waals surface area (Å²) in [6, 6.07) is 6.49. The van der Waals surface area contributed by atoms with Crippen molar-refractivity contribution < 1.29 is 18.3 Å². The van der Waals surface area contributed by atoms with Crippen molar-refractivity contribution in [3.05, 3.63) is 18.0 Å². The second-order valence-corrected chi connectivity index (χ2v) is 9.98. The van der Waals surface area contributed by atoms with Gasteiger partial charge in [0.15, 0.2) is 11.5 Å². The molecule has 0 atom stereocenters. The smallest absolute Gasteiger partial charge is 0.250 e. The van der Waals surface area contributed by atoms with Gasteiger partial charge in [-0.2, -0.15) is 5.26 Å². The molecule has 2 aromatic rings. The first-order valence-corrected chi connectivity index (χ1v) is 12.8.